The van der Waals surface area contributed by atoms with E-state index in [9.17, 15) is 5.11 Å². The molecule has 6 heteroatoms. The first-order valence-electron chi connectivity index (χ1n) is 8.46. The molecule has 6 nitrogen and oxygen atoms in total. The lowest BCUT2D eigenvalue weighted by Gasteiger charge is -2.37. The molecule has 4 rings (SSSR count). The van der Waals surface area contributed by atoms with Crippen molar-refractivity contribution in [3.05, 3.63) is 30.1 Å². The summed E-state index contributed by atoms with van der Waals surface area (Å²) in [7, 11) is 2.16. The van der Waals surface area contributed by atoms with Crippen molar-refractivity contribution >= 4 is 11.0 Å². The van der Waals surface area contributed by atoms with Gasteiger partial charge in [0.25, 0.3) is 0 Å². The fraction of sp³-hybridized carbons (Fsp3) is 0.588. The number of imidazole rings is 1. The number of likely N-dealkylation sites (tertiary alicyclic amines) is 1. The molecular formula is C17H25N5O. The van der Waals surface area contributed by atoms with Crippen LogP contribution >= 0.6 is 0 Å². The van der Waals surface area contributed by atoms with E-state index >= 15 is 0 Å². The first-order chi connectivity index (χ1) is 11.2. The molecule has 23 heavy (non-hydrogen) atoms. The molecule has 2 N–H and O–H groups in total. The van der Waals surface area contributed by atoms with Crippen molar-refractivity contribution in [2.75, 3.05) is 46.3 Å². The standard InChI is InChI=1S/C17H25N5O/c1-20-6-8-22(9-7-20)15-10-21(11-16(15)23)12-17-18-13-4-2-3-5-14(13)19-17/h2-5,15-16,23H,6-12H2,1H3,(H,18,19)/t15-,16-/m0/s1. The summed E-state index contributed by atoms with van der Waals surface area (Å²) in [5.41, 5.74) is 2.09. The zero-order valence-electron chi connectivity index (χ0n) is 13.6. The van der Waals surface area contributed by atoms with Gasteiger partial charge in [-0.05, 0) is 19.2 Å². The van der Waals surface area contributed by atoms with Gasteiger partial charge in [0.05, 0.1) is 23.7 Å². The maximum atomic E-state index is 10.5. The molecule has 124 valence electrons. The minimum Gasteiger partial charge on any atom is -0.390 e. The number of H-pyrrole nitrogens is 1. The molecule has 2 aliphatic heterocycles. The van der Waals surface area contributed by atoms with E-state index in [0.29, 0.717) is 0 Å². The normalized spacial score (nSPS) is 27.9. The molecule has 0 radical (unpaired) electrons. The lowest BCUT2D eigenvalue weighted by atomic mass is 10.1. The molecule has 2 aliphatic rings. The molecule has 2 atom stereocenters. The van der Waals surface area contributed by atoms with Gasteiger partial charge < -0.3 is 15.0 Å². The van der Waals surface area contributed by atoms with Crippen LogP contribution in [-0.2, 0) is 6.54 Å². The summed E-state index contributed by atoms with van der Waals surface area (Å²) in [6.45, 7) is 6.71. The minimum atomic E-state index is -0.261. The van der Waals surface area contributed by atoms with E-state index in [1.54, 1.807) is 0 Å². The third-order valence-electron chi connectivity index (χ3n) is 5.15. The van der Waals surface area contributed by atoms with Crippen molar-refractivity contribution in [3.8, 4) is 0 Å². The number of aromatic amines is 1. The molecule has 0 bridgehead atoms. The molecule has 2 fully saturated rings. The first kappa shape index (κ1) is 15.1. The SMILES string of the molecule is CN1CCN([C@H]2CN(Cc3nc4ccccc4[nH]3)C[C@@H]2O)CC1. The van der Waals surface area contributed by atoms with Crippen molar-refractivity contribution in [2.45, 2.75) is 18.7 Å². The van der Waals surface area contributed by atoms with Crippen molar-refractivity contribution in [1.29, 1.82) is 0 Å². The number of fused-ring (bicyclic) bond motifs is 1. The molecule has 2 aromatic rings. The van der Waals surface area contributed by atoms with Crippen LogP contribution in [0.2, 0.25) is 0 Å². The van der Waals surface area contributed by atoms with Gasteiger partial charge in [0.2, 0.25) is 0 Å². The van der Waals surface area contributed by atoms with Gasteiger partial charge in [0.1, 0.15) is 5.82 Å². The van der Waals surface area contributed by atoms with E-state index < -0.39 is 0 Å². The first-order valence-corrected chi connectivity index (χ1v) is 8.46. The van der Waals surface area contributed by atoms with Crippen molar-refractivity contribution in [2.24, 2.45) is 0 Å². The highest BCUT2D eigenvalue weighted by molar-refractivity contribution is 5.74. The van der Waals surface area contributed by atoms with Crippen LogP contribution in [0.3, 0.4) is 0 Å². The van der Waals surface area contributed by atoms with Crippen LogP contribution in [0.5, 0.6) is 0 Å². The number of aromatic nitrogens is 2. The van der Waals surface area contributed by atoms with Gasteiger partial charge in [-0.15, -0.1) is 0 Å². The summed E-state index contributed by atoms with van der Waals surface area (Å²) in [5.74, 6) is 0.984. The molecule has 1 aromatic heterocycles. The van der Waals surface area contributed by atoms with E-state index in [1.807, 2.05) is 18.2 Å². The number of hydrogen-bond acceptors (Lipinski definition) is 5. The number of para-hydroxylation sites is 2. The lowest BCUT2D eigenvalue weighted by molar-refractivity contribution is 0.0512. The highest BCUT2D eigenvalue weighted by atomic mass is 16.3. The largest absolute Gasteiger partial charge is 0.390 e. The zero-order valence-corrected chi connectivity index (χ0v) is 13.6. The minimum absolute atomic E-state index is 0.257. The van der Waals surface area contributed by atoms with Crippen LogP contribution in [-0.4, -0.2) is 88.2 Å². The number of piperazine rings is 1. The number of nitrogens with one attached hydrogen (secondary N) is 1. The van der Waals surface area contributed by atoms with E-state index in [0.717, 1.165) is 62.7 Å². The molecular weight excluding hydrogens is 290 g/mol. The van der Waals surface area contributed by atoms with Gasteiger partial charge in [-0.2, -0.15) is 0 Å². The number of benzene rings is 1. The third-order valence-corrected chi connectivity index (χ3v) is 5.15. The van der Waals surface area contributed by atoms with Crippen LogP contribution in [0.4, 0.5) is 0 Å². The van der Waals surface area contributed by atoms with Crippen LogP contribution in [0.15, 0.2) is 24.3 Å². The Morgan fingerprint density at radius 3 is 2.74 bits per heavy atom. The maximum Gasteiger partial charge on any atom is 0.121 e. The Kier molecular flexibility index (Phi) is 4.07. The number of likely N-dealkylation sites (N-methyl/N-ethyl adjacent to an activating group) is 1. The second-order valence-electron chi connectivity index (χ2n) is 6.87. The van der Waals surface area contributed by atoms with Crippen LogP contribution in [0.1, 0.15) is 5.82 Å². The fourth-order valence-electron chi connectivity index (χ4n) is 3.78. The number of aliphatic hydroxyl groups is 1. The Balaban J connectivity index is 1.40. The van der Waals surface area contributed by atoms with Gasteiger partial charge in [-0.1, -0.05) is 12.1 Å². The van der Waals surface area contributed by atoms with E-state index in [4.69, 9.17) is 0 Å². The zero-order chi connectivity index (χ0) is 15.8. The topological polar surface area (TPSA) is 58.6 Å². The predicted octanol–water partition coefficient (Wildman–Crippen LogP) is 0.355. The van der Waals surface area contributed by atoms with E-state index in [2.05, 4.69) is 37.8 Å². The molecule has 0 saturated carbocycles. The van der Waals surface area contributed by atoms with Gasteiger partial charge in [0, 0.05) is 45.3 Å². The average Bonchev–Trinajstić information content (AvgIpc) is 3.11. The van der Waals surface area contributed by atoms with E-state index in [-0.39, 0.29) is 12.1 Å². The number of aliphatic hydroxyl groups excluding tert-OH is 1. The van der Waals surface area contributed by atoms with Gasteiger partial charge in [0.15, 0.2) is 0 Å². The summed E-state index contributed by atoms with van der Waals surface area (Å²) in [6, 6.07) is 8.37. The van der Waals surface area contributed by atoms with Crippen LogP contribution in [0.25, 0.3) is 11.0 Å². The third kappa shape index (κ3) is 3.12. The summed E-state index contributed by atoms with van der Waals surface area (Å²) in [6.07, 6.45) is -0.261. The van der Waals surface area contributed by atoms with E-state index in [1.165, 1.54) is 0 Å². The van der Waals surface area contributed by atoms with Crippen molar-refractivity contribution in [1.82, 2.24) is 24.7 Å². The molecule has 0 unspecified atom stereocenters. The Hall–Kier alpha value is -1.47. The second-order valence-corrected chi connectivity index (χ2v) is 6.87. The Morgan fingerprint density at radius 2 is 1.96 bits per heavy atom. The number of nitrogens with zero attached hydrogens (tertiary/aromatic N) is 4. The summed E-state index contributed by atoms with van der Waals surface area (Å²) in [4.78, 5) is 15.1. The second kappa shape index (κ2) is 6.20. The molecule has 2 saturated heterocycles. The Morgan fingerprint density at radius 1 is 1.17 bits per heavy atom. The Bertz CT molecular complexity index is 631. The summed E-state index contributed by atoms with van der Waals surface area (Å²) in [5, 5.41) is 10.5. The van der Waals surface area contributed by atoms with Gasteiger partial charge in [-0.3, -0.25) is 9.80 Å². The predicted molar refractivity (Wildman–Crippen MR) is 90.2 cm³/mol. The molecule has 0 spiro atoms. The molecule has 0 amide bonds. The highest BCUT2D eigenvalue weighted by Crippen LogP contribution is 2.20. The monoisotopic (exact) mass is 315 g/mol. The van der Waals surface area contributed by atoms with Crippen LogP contribution in [0, 0.1) is 0 Å². The molecule has 3 heterocycles. The van der Waals surface area contributed by atoms with Gasteiger partial charge >= 0.3 is 0 Å². The summed E-state index contributed by atoms with van der Waals surface area (Å²) < 4.78 is 0. The molecule has 1 aromatic carbocycles. The Labute approximate surface area is 136 Å². The van der Waals surface area contributed by atoms with Crippen LogP contribution < -0.4 is 0 Å². The maximum absolute atomic E-state index is 10.5. The van der Waals surface area contributed by atoms with Crippen molar-refractivity contribution < 1.29 is 5.11 Å². The fourth-order valence-corrected chi connectivity index (χ4v) is 3.78. The number of β-amino-alcohol motifs (C(OH)–C–C–N with tert-alkyl or cyclic N) is 1. The quantitative estimate of drug-likeness (QED) is 0.856. The average molecular weight is 315 g/mol. The van der Waals surface area contributed by atoms with Crippen molar-refractivity contribution in [3.63, 3.8) is 0 Å². The highest BCUT2D eigenvalue weighted by Gasteiger charge is 2.36. The lowest BCUT2D eigenvalue weighted by Crippen LogP contribution is -2.52. The van der Waals surface area contributed by atoms with Gasteiger partial charge in [-0.25, -0.2) is 4.98 Å². The number of hydrogen-bond donors (Lipinski definition) is 2. The smallest absolute Gasteiger partial charge is 0.121 e. The molecule has 0 aliphatic carbocycles. The summed E-state index contributed by atoms with van der Waals surface area (Å²) >= 11 is 0. The number of rotatable bonds is 3.